The topological polar surface area (TPSA) is 66.8 Å². The standard InChI is InChI=1S/C12H16O4/c1-3-9(14)7-16-11-6-4-5-10(15)12(11)8(2)13/h4-6,9,14-15H,3,7H2,1-2H3. The molecule has 0 heterocycles. The van der Waals surface area contributed by atoms with Crippen LogP contribution in [-0.4, -0.2) is 28.7 Å². The molecule has 0 radical (unpaired) electrons. The fourth-order valence-electron chi connectivity index (χ4n) is 1.30. The van der Waals surface area contributed by atoms with E-state index in [1.165, 1.54) is 13.0 Å². The maximum atomic E-state index is 11.3. The molecule has 2 N–H and O–H groups in total. The van der Waals surface area contributed by atoms with Crippen molar-refractivity contribution in [3.05, 3.63) is 23.8 Å². The first-order chi connectivity index (χ1) is 7.56. The second kappa shape index (κ2) is 5.51. The van der Waals surface area contributed by atoms with Gasteiger partial charge in [0.2, 0.25) is 0 Å². The molecular formula is C12H16O4. The third-order valence-electron chi connectivity index (χ3n) is 2.26. The van der Waals surface area contributed by atoms with E-state index >= 15 is 0 Å². The molecule has 4 heteroatoms. The first kappa shape index (κ1) is 12.5. The van der Waals surface area contributed by atoms with Crippen LogP contribution in [0.4, 0.5) is 0 Å². The minimum absolute atomic E-state index is 0.101. The van der Waals surface area contributed by atoms with Crippen LogP contribution in [0.1, 0.15) is 30.6 Å². The van der Waals surface area contributed by atoms with Crippen molar-refractivity contribution in [3.63, 3.8) is 0 Å². The summed E-state index contributed by atoms with van der Waals surface area (Å²) < 4.78 is 5.30. The smallest absolute Gasteiger partial charge is 0.167 e. The predicted molar refractivity (Wildman–Crippen MR) is 59.9 cm³/mol. The van der Waals surface area contributed by atoms with E-state index in [2.05, 4.69) is 0 Å². The minimum Gasteiger partial charge on any atom is -0.507 e. The van der Waals surface area contributed by atoms with Gasteiger partial charge in [0.05, 0.1) is 6.10 Å². The lowest BCUT2D eigenvalue weighted by molar-refractivity contribution is 0.0962. The van der Waals surface area contributed by atoms with Crippen LogP contribution in [0.2, 0.25) is 0 Å². The second-order valence-corrected chi connectivity index (χ2v) is 3.58. The van der Waals surface area contributed by atoms with Crippen LogP contribution in [0.25, 0.3) is 0 Å². The number of phenolic OH excluding ortho intramolecular Hbond substituents is 1. The molecule has 0 bridgehead atoms. The predicted octanol–water partition coefficient (Wildman–Crippen LogP) is 1.74. The quantitative estimate of drug-likeness (QED) is 0.748. The highest BCUT2D eigenvalue weighted by Crippen LogP contribution is 2.27. The molecule has 0 fully saturated rings. The van der Waals surface area contributed by atoms with Gasteiger partial charge in [-0.15, -0.1) is 0 Å². The molecule has 0 spiro atoms. The Morgan fingerprint density at radius 2 is 2.19 bits per heavy atom. The Kier molecular flexibility index (Phi) is 4.31. The van der Waals surface area contributed by atoms with Crippen molar-refractivity contribution in [2.24, 2.45) is 0 Å². The van der Waals surface area contributed by atoms with Crippen molar-refractivity contribution in [2.45, 2.75) is 26.4 Å². The van der Waals surface area contributed by atoms with Crippen molar-refractivity contribution >= 4 is 5.78 Å². The maximum Gasteiger partial charge on any atom is 0.167 e. The zero-order valence-corrected chi connectivity index (χ0v) is 9.43. The van der Waals surface area contributed by atoms with E-state index in [-0.39, 0.29) is 23.7 Å². The number of ketones is 1. The van der Waals surface area contributed by atoms with Gasteiger partial charge in [0.1, 0.15) is 23.7 Å². The van der Waals surface area contributed by atoms with Crippen LogP contribution in [0, 0.1) is 0 Å². The molecule has 0 saturated heterocycles. The van der Waals surface area contributed by atoms with Gasteiger partial charge in [-0.05, 0) is 25.5 Å². The highest BCUT2D eigenvalue weighted by molar-refractivity contribution is 5.99. The lowest BCUT2D eigenvalue weighted by Gasteiger charge is -2.13. The molecule has 16 heavy (non-hydrogen) atoms. The first-order valence-electron chi connectivity index (χ1n) is 5.20. The Labute approximate surface area is 94.5 Å². The number of aliphatic hydroxyl groups excluding tert-OH is 1. The van der Waals surface area contributed by atoms with Gasteiger partial charge >= 0.3 is 0 Å². The Balaban J connectivity index is 2.87. The van der Waals surface area contributed by atoms with Gasteiger partial charge in [0, 0.05) is 0 Å². The monoisotopic (exact) mass is 224 g/mol. The maximum absolute atomic E-state index is 11.3. The summed E-state index contributed by atoms with van der Waals surface area (Å²) in [6, 6.07) is 4.62. The Hall–Kier alpha value is -1.55. The zero-order valence-electron chi connectivity index (χ0n) is 9.43. The molecule has 1 unspecified atom stereocenters. The first-order valence-corrected chi connectivity index (χ1v) is 5.20. The summed E-state index contributed by atoms with van der Waals surface area (Å²) in [5.74, 6) is -0.0601. The molecule has 0 aliphatic rings. The summed E-state index contributed by atoms with van der Waals surface area (Å²) in [5.41, 5.74) is 0.158. The van der Waals surface area contributed by atoms with Gasteiger partial charge < -0.3 is 14.9 Å². The van der Waals surface area contributed by atoms with Crippen molar-refractivity contribution in [1.82, 2.24) is 0 Å². The van der Waals surface area contributed by atoms with E-state index in [0.29, 0.717) is 12.2 Å². The average molecular weight is 224 g/mol. The number of hydrogen-bond donors (Lipinski definition) is 2. The zero-order chi connectivity index (χ0) is 12.1. The Morgan fingerprint density at radius 1 is 1.50 bits per heavy atom. The van der Waals surface area contributed by atoms with Crippen LogP contribution >= 0.6 is 0 Å². The Morgan fingerprint density at radius 3 is 2.75 bits per heavy atom. The van der Waals surface area contributed by atoms with E-state index in [0.717, 1.165) is 0 Å². The highest BCUT2D eigenvalue weighted by atomic mass is 16.5. The van der Waals surface area contributed by atoms with Crippen LogP contribution in [0.15, 0.2) is 18.2 Å². The molecular weight excluding hydrogens is 208 g/mol. The molecule has 1 atom stereocenters. The summed E-state index contributed by atoms with van der Waals surface area (Å²) in [6.45, 7) is 3.31. The van der Waals surface area contributed by atoms with Crippen molar-refractivity contribution in [3.8, 4) is 11.5 Å². The van der Waals surface area contributed by atoms with Crippen molar-refractivity contribution in [2.75, 3.05) is 6.61 Å². The molecule has 0 aliphatic carbocycles. The van der Waals surface area contributed by atoms with E-state index in [1.54, 1.807) is 12.1 Å². The molecule has 88 valence electrons. The second-order valence-electron chi connectivity index (χ2n) is 3.58. The number of carbonyl (C=O) groups excluding carboxylic acids is 1. The molecule has 1 aromatic rings. The highest BCUT2D eigenvalue weighted by Gasteiger charge is 2.14. The third kappa shape index (κ3) is 2.97. The van der Waals surface area contributed by atoms with Crippen LogP contribution in [0.5, 0.6) is 11.5 Å². The van der Waals surface area contributed by atoms with Gasteiger partial charge in [-0.2, -0.15) is 0 Å². The van der Waals surface area contributed by atoms with Gasteiger partial charge in [-0.1, -0.05) is 13.0 Å². The number of rotatable bonds is 5. The summed E-state index contributed by atoms with van der Waals surface area (Å²) in [4.78, 5) is 11.3. The molecule has 1 rings (SSSR count). The van der Waals surface area contributed by atoms with Crippen LogP contribution in [0.3, 0.4) is 0 Å². The number of hydrogen-bond acceptors (Lipinski definition) is 4. The van der Waals surface area contributed by atoms with Crippen molar-refractivity contribution in [1.29, 1.82) is 0 Å². The normalized spacial score (nSPS) is 12.2. The number of ether oxygens (including phenoxy) is 1. The van der Waals surface area contributed by atoms with Crippen LogP contribution in [-0.2, 0) is 0 Å². The van der Waals surface area contributed by atoms with Gasteiger partial charge in [-0.25, -0.2) is 0 Å². The fraction of sp³-hybridized carbons (Fsp3) is 0.417. The number of phenols is 1. The lowest BCUT2D eigenvalue weighted by Crippen LogP contribution is -2.17. The average Bonchev–Trinajstić information content (AvgIpc) is 2.25. The van der Waals surface area contributed by atoms with E-state index in [9.17, 15) is 15.0 Å². The minimum atomic E-state index is -0.567. The number of carbonyl (C=O) groups is 1. The molecule has 0 saturated carbocycles. The van der Waals surface area contributed by atoms with Gasteiger partial charge in [-0.3, -0.25) is 4.79 Å². The van der Waals surface area contributed by atoms with E-state index < -0.39 is 6.10 Å². The number of Topliss-reactive ketones (excluding diaryl/α,β-unsaturated/α-hetero) is 1. The third-order valence-corrected chi connectivity index (χ3v) is 2.26. The summed E-state index contributed by atoms with van der Waals surface area (Å²) in [6.07, 6.45) is 0.0102. The molecule has 0 aromatic heterocycles. The van der Waals surface area contributed by atoms with Gasteiger partial charge in [0.15, 0.2) is 5.78 Å². The van der Waals surface area contributed by atoms with Crippen molar-refractivity contribution < 1.29 is 19.7 Å². The largest absolute Gasteiger partial charge is 0.507 e. The van der Waals surface area contributed by atoms with Gasteiger partial charge in [0.25, 0.3) is 0 Å². The van der Waals surface area contributed by atoms with E-state index in [4.69, 9.17) is 4.74 Å². The lowest BCUT2D eigenvalue weighted by atomic mass is 10.1. The number of aromatic hydroxyl groups is 1. The van der Waals surface area contributed by atoms with Crippen LogP contribution < -0.4 is 4.74 Å². The number of benzene rings is 1. The Bertz CT molecular complexity index is 373. The molecule has 4 nitrogen and oxygen atoms in total. The summed E-state index contributed by atoms with van der Waals surface area (Å²) in [7, 11) is 0. The molecule has 1 aromatic carbocycles. The molecule has 0 amide bonds. The summed E-state index contributed by atoms with van der Waals surface area (Å²) in [5, 5.41) is 18.9. The fourth-order valence-corrected chi connectivity index (χ4v) is 1.30. The summed E-state index contributed by atoms with van der Waals surface area (Å²) >= 11 is 0. The molecule has 0 aliphatic heterocycles. The SMILES string of the molecule is CCC(O)COc1cccc(O)c1C(C)=O. The van der Waals surface area contributed by atoms with E-state index in [1.807, 2.05) is 6.92 Å². The number of aliphatic hydroxyl groups is 1.